The van der Waals surface area contributed by atoms with Crippen molar-refractivity contribution in [2.24, 2.45) is 0 Å². The molecule has 0 radical (unpaired) electrons. The highest BCUT2D eigenvalue weighted by Gasteiger charge is 2.08. The van der Waals surface area contributed by atoms with E-state index in [-0.39, 0.29) is 5.91 Å². The molecule has 2 N–H and O–H groups in total. The standard InChI is InChI=1S/C18H15BrN4O/c19-14-7-4-8-15(9-14)23-17-10-16(21-12-22-17)18(24)20-11-13-5-2-1-3-6-13/h1-10,12H,11H2,(H,20,24)(H,21,22,23). The van der Waals surface area contributed by atoms with E-state index < -0.39 is 0 Å². The summed E-state index contributed by atoms with van der Waals surface area (Å²) in [6, 6.07) is 19.1. The van der Waals surface area contributed by atoms with Gasteiger partial charge in [0.2, 0.25) is 0 Å². The number of carbonyl (C=O) groups is 1. The average Bonchev–Trinajstić information content (AvgIpc) is 2.61. The molecule has 3 aromatic rings. The summed E-state index contributed by atoms with van der Waals surface area (Å²) in [7, 11) is 0. The van der Waals surface area contributed by atoms with Crippen LogP contribution in [0.1, 0.15) is 16.1 Å². The molecule has 2 aromatic carbocycles. The van der Waals surface area contributed by atoms with Crippen LogP contribution in [0.15, 0.2) is 71.5 Å². The number of anilines is 2. The van der Waals surface area contributed by atoms with Crippen LogP contribution in [-0.2, 0) is 6.54 Å². The molecule has 1 amide bonds. The van der Waals surface area contributed by atoms with E-state index in [1.807, 2.05) is 54.6 Å². The van der Waals surface area contributed by atoms with Gasteiger partial charge in [0.15, 0.2) is 0 Å². The van der Waals surface area contributed by atoms with Gasteiger partial charge < -0.3 is 10.6 Å². The van der Waals surface area contributed by atoms with Crippen LogP contribution >= 0.6 is 15.9 Å². The Bertz CT molecular complexity index is 839. The first kappa shape index (κ1) is 16.1. The summed E-state index contributed by atoms with van der Waals surface area (Å²) in [6.45, 7) is 0.456. The lowest BCUT2D eigenvalue weighted by atomic mass is 10.2. The molecule has 3 rings (SSSR count). The van der Waals surface area contributed by atoms with Crippen molar-refractivity contribution in [2.45, 2.75) is 6.54 Å². The predicted octanol–water partition coefficient (Wildman–Crippen LogP) is 3.91. The Morgan fingerprint density at radius 1 is 1.00 bits per heavy atom. The number of amides is 1. The van der Waals surface area contributed by atoms with Crippen LogP contribution in [0.3, 0.4) is 0 Å². The molecule has 0 aliphatic heterocycles. The number of benzene rings is 2. The topological polar surface area (TPSA) is 66.9 Å². The van der Waals surface area contributed by atoms with Crippen LogP contribution in [0.2, 0.25) is 0 Å². The van der Waals surface area contributed by atoms with E-state index >= 15 is 0 Å². The summed E-state index contributed by atoms with van der Waals surface area (Å²) in [4.78, 5) is 20.4. The van der Waals surface area contributed by atoms with Gasteiger partial charge in [-0.1, -0.05) is 52.3 Å². The predicted molar refractivity (Wildman–Crippen MR) is 97.1 cm³/mol. The molecule has 0 saturated heterocycles. The molecule has 0 bridgehead atoms. The number of carbonyl (C=O) groups excluding carboxylic acids is 1. The highest BCUT2D eigenvalue weighted by atomic mass is 79.9. The number of hydrogen-bond donors (Lipinski definition) is 2. The first-order valence-electron chi connectivity index (χ1n) is 7.37. The van der Waals surface area contributed by atoms with Gasteiger partial charge in [0.05, 0.1) is 0 Å². The summed E-state index contributed by atoms with van der Waals surface area (Å²) in [5.74, 6) is 0.325. The molecule has 0 aliphatic rings. The Morgan fingerprint density at radius 3 is 2.62 bits per heavy atom. The van der Waals surface area contributed by atoms with Crippen LogP contribution in [0.25, 0.3) is 0 Å². The first-order chi connectivity index (χ1) is 11.7. The van der Waals surface area contributed by atoms with Gasteiger partial charge in [-0.05, 0) is 23.8 Å². The molecular weight excluding hydrogens is 368 g/mol. The van der Waals surface area contributed by atoms with Crippen LogP contribution in [0.5, 0.6) is 0 Å². The fourth-order valence-electron chi connectivity index (χ4n) is 2.13. The minimum atomic E-state index is -0.237. The molecule has 0 saturated carbocycles. The van der Waals surface area contributed by atoms with Crippen LogP contribution < -0.4 is 10.6 Å². The van der Waals surface area contributed by atoms with Gasteiger partial charge in [-0.25, -0.2) is 9.97 Å². The zero-order chi connectivity index (χ0) is 16.8. The maximum Gasteiger partial charge on any atom is 0.270 e. The van der Waals surface area contributed by atoms with Gasteiger partial charge in [-0.15, -0.1) is 0 Å². The van der Waals surface area contributed by atoms with E-state index in [1.165, 1.54) is 6.33 Å². The Balaban J connectivity index is 1.67. The molecular formula is C18H15BrN4O. The molecule has 1 heterocycles. The fraction of sp³-hybridized carbons (Fsp3) is 0.0556. The Kier molecular flexibility index (Phi) is 5.18. The van der Waals surface area contributed by atoms with Crippen molar-refractivity contribution in [1.82, 2.24) is 15.3 Å². The summed E-state index contributed by atoms with van der Waals surface area (Å²) in [6.07, 6.45) is 1.37. The van der Waals surface area contributed by atoms with Gasteiger partial charge in [0.25, 0.3) is 5.91 Å². The third-order valence-corrected chi connectivity index (χ3v) is 3.79. The molecule has 0 atom stereocenters. The molecule has 120 valence electrons. The Labute approximate surface area is 148 Å². The van der Waals surface area contributed by atoms with Crippen molar-refractivity contribution >= 4 is 33.3 Å². The number of hydrogen-bond acceptors (Lipinski definition) is 4. The third kappa shape index (κ3) is 4.39. The second kappa shape index (κ2) is 7.70. The largest absolute Gasteiger partial charge is 0.347 e. The maximum atomic E-state index is 12.2. The molecule has 6 heteroatoms. The molecule has 5 nitrogen and oxygen atoms in total. The number of halogens is 1. The molecule has 0 fully saturated rings. The normalized spacial score (nSPS) is 10.2. The van der Waals surface area contributed by atoms with Crippen LogP contribution in [0, 0.1) is 0 Å². The lowest BCUT2D eigenvalue weighted by Crippen LogP contribution is -2.24. The van der Waals surface area contributed by atoms with Gasteiger partial charge in [-0.3, -0.25) is 4.79 Å². The van der Waals surface area contributed by atoms with E-state index in [4.69, 9.17) is 0 Å². The first-order valence-corrected chi connectivity index (χ1v) is 8.17. The molecule has 1 aromatic heterocycles. The number of aromatic nitrogens is 2. The van der Waals surface area contributed by atoms with Gasteiger partial charge in [0.1, 0.15) is 17.8 Å². The molecule has 0 spiro atoms. The van der Waals surface area contributed by atoms with Crippen LogP contribution in [0.4, 0.5) is 11.5 Å². The Morgan fingerprint density at radius 2 is 1.83 bits per heavy atom. The van der Waals surface area contributed by atoms with E-state index in [2.05, 4.69) is 36.5 Å². The van der Waals surface area contributed by atoms with E-state index in [9.17, 15) is 4.79 Å². The van der Waals surface area contributed by atoms with Crippen molar-refractivity contribution in [2.75, 3.05) is 5.32 Å². The second-order valence-corrected chi connectivity index (χ2v) is 6.01. The number of nitrogens with one attached hydrogen (secondary N) is 2. The summed E-state index contributed by atoms with van der Waals surface area (Å²) in [5.41, 5.74) is 2.23. The molecule has 0 unspecified atom stereocenters. The van der Waals surface area contributed by atoms with Crippen molar-refractivity contribution in [3.8, 4) is 0 Å². The van der Waals surface area contributed by atoms with E-state index in [0.717, 1.165) is 15.7 Å². The van der Waals surface area contributed by atoms with Gasteiger partial charge >= 0.3 is 0 Å². The lowest BCUT2D eigenvalue weighted by molar-refractivity contribution is 0.0946. The lowest BCUT2D eigenvalue weighted by Gasteiger charge is -2.08. The second-order valence-electron chi connectivity index (χ2n) is 5.09. The summed E-state index contributed by atoms with van der Waals surface area (Å²) in [5, 5.41) is 6.00. The average molecular weight is 383 g/mol. The number of rotatable bonds is 5. The minimum absolute atomic E-state index is 0.237. The van der Waals surface area contributed by atoms with Crippen molar-refractivity contribution in [3.05, 3.63) is 82.7 Å². The van der Waals surface area contributed by atoms with Gasteiger partial charge in [-0.2, -0.15) is 0 Å². The Hall–Kier alpha value is -2.73. The van der Waals surface area contributed by atoms with Crippen molar-refractivity contribution in [3.63, 3.8) is 0 Å². The SMILES string of the molecule is O=C(NCc1ccccc1)c1cc(Nc2cccc(Br)c2)ncn1. The minimum Gasteiger partial charge on any atom is -0.347 e. The zero-order valence-corrected chi connectivity index (χ0v) is 14.3. The highest BCUT2D eigenvalue weighted by molar-refractivity contribution is 9.10. The van der Waals surface area contributed by atoms with E-state index in [0.29, 0.717) is 18.1 Å². The molecule has 0 aliphatic carbocycles. The fourth-order valence-corrected chi connectivity index (χ4v) is 2.53. The molecule has 24 heavy (non-hydrogen) atoms. The maximum absolute atomic E-state index is 12.2. The van der Waals surface area contributed by atoms with Crippen molar-refractivity contribution < 1.29 is 4.79 Å². The smallest absolute Gasteiger partial charge is 0.270 e. The zero-order valence-electron chi connectivity index (χ0n) is 12.7. The monoisotopic (exact) mass is 382 g/mol. The quantitative estimate of drug-likeness (QED) is 0.701. The number of nitrogens with zero attached hydrogens (tertiary/aromatic N) is 2. The third-order valence-electron chi connectivity index (χ3n) is 3.29. The summed E-state index contributed by atoms with van der Waals surface area (Å²) < 4.78 is 0.961. The van der Waals surface area contributed by atoms with E-state index in [1.54, 1.807) is 6.07 Å². The van der Waals surface area contributed by atoms with Crippen molar-refractivity contribution in [1.29, 1.82) is 0 Å². The summed E-state index contributed by atoms with van der Waals surface area (Å²) >= 11 is 3.42. The highest BCUT2D eigenvalue weighted by Crippen LogP contribution is 2.19. The van der Waals surface area contributed by atoms with Gasteiger partial charge in [0, 0.05) is 22.8 Å². The van der Waals surface area contributed by atoms with Crippen LogP contribution in [-0.4, -0.2) is 15.9 Å².